The first kappa shape index (κ1) is 24.9. The second kappa shape index (κ2) is 10.9. The third-order valence-electron chi connectivity index (χ3n) is 5.26. The van der Waals surface area contributed by atoms with Gasteiger partial charge in [0.05, 0.1) is 15.4 Å². The Kier molecular flexibility index (Phi) is 8.01. The maximum Gasteiger partial charge on any atom is 0.338 e. The van der Waals surface area contributed by atoms with E-state index in [1.54, 1.807) is 25.1 Å². The molecule has 0 heterocycles. The van der Waals surface area contributed by atoms with Crippen molar-refractivity contribution in [2.45, 2.75) is 44.6 Å². The lowest BCUT2D eigenvalue weighted by atomic mass is 10.1. The molecule has 3 rings (SSSR count). The highest BCUT2D eigenvalue weighted by Gasteiger charge is 2.20. The quantitative estimate of drug-likeness (QED) is 0.235. The molecule has 0 bridgehead atoms. The minimum Gasteiger partial charge on any atom is -0.457 e. The summed E-state index contributed by atoms with van der Waals surface area (Å²) in [6, 6.07) is 17.2. The molecule has 0 fully saturated rings. The van der Waals surface area contributed by atoms with Gasteiger partial charge in [-0.25, -0.2) is 13.2 Å². The number of nitrogens with zero attached hydrogens (tertiary/aromatic N) is 1. The fourth-order valence-corrected chi connectivity index (χ4v) is 4.62. The number of aryl methyl sites for hydroxylation is 2. The maximum atomic E-state index is 13.0. The van der Waals surface area contributed by atoms with Gasteiger partial charge in [-0.2, -0.15) is 0 Å². The van der Waals surface area contributed by atoms with Crippen LogP contribution in [0.25, 0.3) is 0 Å². The molecule has 0 aromatic heterocycles. The molecule has 0 aliphatic rings. The number of nitro groups is 1. The predicted octanol–water partition coefficient (Wildman–Crippen LogP) is 5.40. The van der Waals surface area contributed by atoms with E-state index in [0.29, 0.717) is 16.8 Å². The number of ether oxygens (including phenoxy) is 1. The maximum absolute atomic E-state index is 13.0. The van der Waals surface area contributed by atoms with Crippen molar-refractivity contribution < 1.29 is 22.9 Å². The van der Waals surface area contributed by atoms with Crippen LogP contribution in [-0.2, 0) is 27.8 Å². The molecule has 0 spiro atoms. The molecule has 9 heteroatoms. The van der Waals surface area contributed by atoms with Gasteiger partial charge in [-0.15, -0.1) is 0 Å². The minimum absolute atomic E-state index is 0.0210. The first-order chi connectivity index (χ1) is 16.2. The Bertz CT molecular complexity index is 1270. The highest BCUT2D eigenvalue weighted by molar-refractivity contribution is 7.92. The number of sulfonamides is 1. The van der Waals surface area contributed by atoms with Gasteiger partial charge in [0.2, 0.25) is 0 Å². The number of unbranched alkanes of at least 4 members (excludes halogenated alkanes) is 1. The van der Waals surface area contributed by atoms with Gasteiger partial charge in [-0.3, -0.25) is 14.8 Å². The number of benzene rings is 3. The van der Waals surface area contributed by atoms with Crippen LogP contribution in [0.1, 0.15) is 46.8 Å². The zero-order valence-electron chi connectivity index (χ0n) is 19.0. The Hall–Kier alpha value is -3.72. The average molecular weight is 483 g/mol. The molecule has 34 heavy (non-hydrogen) atoms. The number of nitrogens with one attached hydrogen (secondary N) is 1. The van der Waals surface area contributed by atoms with E-state index in [1.165, 1.54) is 36.4 Å². The van der Waals surface area contributed by atoms with Crippen LogP contribution < -0.4 is 4.72 Å². The van der Waals surface area contributed by atoms with Crippen LogP contribution in [0.4, 0.5) is 11.4 Å². The van der Waals surface area contributed by atoms with Crippen LogP contribution in [-0.4, -0.2) is 19.3 Å². The molecule has 0 aliphatic heterocycles. The number of anilines is 1. The van der Waals surface area contributed by atoms with E-state index in [1.807, 2.05) is 12.1 Å². The van der Waals surface area contributed by atoms with Crippen molar-refractivity contribution in [3.05, 3.63) is 99.1 Å². The summed E-state index contributed by atoms with van der Waals surface area (Å²) in [4.78, 5) is 22.7. The molecular weight excluding hydrogens is 456 g/mol. The number of hydrogen-bond acceptors (Lipinski definition) is 6. The fraction of sp³-hybridized carbons (Fsp3) is 0.240. The molecule has 0 saturated heterocycles. The van der Waals surface area contributed by atoms with E-state index in [9.17, 15) is 23.3 Å². The van der Waals surface area contributed by atoms with Crippen molar-refractivity contribution in [2.24, 2.45) is 0 Å². The summed E-state index contributed by atoms with van der Waals surface area (Å²) in [6.45, 7) is 3.66. The molecule has 0 radical (unpaired) electrons. The van der Waals surface area contributed by atoms with E-state index < -0.39 is 20.9 Å². The largest absolute Gasteiger partial charge is 0.457 e. The Morgan fingerprint density at radius 2 is 1.65 bits per heavy atom. The van der Waals surface area contributed by atoms with Crippen molar-refractivity contribution in [2.75, 3.05) is 4.72 Å². The monoisotopic (exact) mass is 482 g/mol. The van der Waals surface area contributed by atoms with Crippen molar-refractivity contribution in [1.82, 2.24) is 0 Å². The second-order valence-electron chi connectivity index (χ2n) is 7.89. The fourth-order valence-electron chi connectivity index (χ4n) is 3.29. The van der Waals surface area contributed by atoms with Gasteiger partial charge < -0.3 is 4.74 Å². The van der Waals surface area contributed by atoms with Gasteiger partial charge >= 0.3 is 5.97 Å². The van der Waals surface area contributed by atoms with Crippen LogP contribution in [0.2, 0.25) is 0 Å². The van der Waals surface area contributed by atoms with E-state index in [2.05, 4.69) is 11.6 Å². The van der Waals surface area contributed by atoms with E-state index in [-0.39, 0.29) is 22.8 Å². The molecule has 0 atom stereocenters. The first-order valence-electron chi connectivity index (χ1n) is 10.8. The van der Waals surface area contributed by atoms with Crippen molar-refractivity contribution in [3.63, 3.8) is 0 Å². The van der Waals surface area contributed by atoms with Gasteiger partial charge in [-0.1, -0.05) is 31.5 Å². The first-order valence-corrected chi connectivity index (χ1v) is 12.3. The van der Waals surface area contributed by atoms with Crippen LogP contribution >= 0.6 is 0 Å². The van der Waals surface area contributed by atoms with Crippen LogP contribution in [0, 0.1) is 17.0 Å². The topological polar surface area (TPSA) is 116 Å². The van der Waals surface area contributed by atoms with Gasteiger partial charge in [0.15, 0.2) is 0 Å². The number of non-ortho nitro benzene ring substituents is 1. The third-order valence-corrected chi connectivity index (χ3v) is 6.78. The summed E-state index contributed by atoms with van der Waals surface area (Å²) in [6.07, 6.45) is 3.09. The zero-order chi connectivity index (χ0) is 24.7. The number of carbonyl (C=O) groups is 1. The minimum atomic E-state index is -3.93. The lowest BCUT2D eigenvalue weighted by Crippen LogP contribution is -2.15. The van der Waals surface area contributed by atoms with Crippen LogP contribution in [0.5, 0.6) is 0 Å². The van der Waals surface area contributed by atoms with Gasteiger partial charge in [-0.05, 0) is 72.9 Å². The Labute approximate surface area is 198 Å². The van der Waals surface area contributed by atoms with E-state index in [4.69, 9.17) is 4.74 Å². The Balaban J connectivity index is 1.71. The van der Waals surface area contributed by atoms with Crippen LogP contribution in [0.15, 0.2) is 71.6 Å². The molecule has 0 saturated carbocycles. The second-order valence-corrected chi connectivity index (χ2v) is 9.54. The van der Waals surface area contributed by atoms with Crippen molar-refractivity contribution >= 4 is 27.4 Å². The van der Waals surface area contributed by atoms with Crippen molar-refractivity contribution in [1.29, 1.82) is 0 Å². The smallest absolute Gasteiger partial charge is 0.338 e. The summed E-state index contributed by atoms with van der Waals surface area (Å²) in [5.41, 5.74) is 2.65. The molecule has 3 aromatic rings. The normalized spacial score (nSPS) is 11.1. The standard InChI is InChI=1S/C25H26N2O6S/c1-3-4-5-19-7-12-22(13-8-19)26-34(31,32)24-16-21(11-6-18(24)2)25(28)33-17-20-9-14-23(15-10-20)27(29)30/h6-16,26H,3-5,17H2,1-2H3. The molecule has 0 unspecified atom stereocenters. The highest BCUT2D eigenvalue weighted by Crippen LogP contribution is 2.22. The molecule has 3 aromatic carbocycles. The Morgan fingerprint density at radius 1 is 1.00 bits per heavy atom. The van der Waals surface area contributed by atoms with Crippen LogP contribution in [0.3, 0.4) is 0 Å². The van der Waals surface area contributed by atoms with E-state index >= 15 is 0 Å². The van der Waals surface area contributed by atoms with Gasteiger partial charge in [0, 0.05) is 17.8 Å². The molecular formula is C25H26N2O6S. The van der Waals surface area contributed by atoms with Gasteiger partial charge in [0.25, 0.3) is 15.7 Å². The third kappa shape index (κ3) is 6.41. The summed E-state index contributed by atoms with van der Waals surface area (Å²) in [7, 11) is -3.93. The average Bonchev–Trinajstić information content (AvgIpc) is 2.82. The summed E-state index contributed by atoms with van der Waals surface area (Å²) in [5.74, 6) is -0.699. The SMILES string of the molecule is CCCCc1ccc(NS(=O)(=O)c2cc(C(=O)OCc3ccc([N+](=O)[O-])cc3)ccc2C)cc1. The molecule has 0 amide bonds. The van der Waals surface area contributed by atoms with Gasteiger partial charge in [0.1, 0.15) is 6.61 Å². The number of nitro benzene ring substituents is 1. The molecule has 8 nitrogen and oxygen atoms in total. The number of carbonyl (C=O) groups excluding carboxylic acids is 1. The molecule has 0 aliphatic carbocycles. The summed E-state index contributed by atoms with van der Waals surface area (Å²) < 4.78 is 33.8. The number of hydrogen-bond donors (Lipinski definition) is 1. The predicted molar refractivity (Wildman–Crippen MR) is 129 cm³/mol. The highest BCUT2D eigenvalue weighted by atomic mass is 32.2. The number of esters is 1. The summed E-state index contributed by atoms with van der Waals surface area (Å²) >= 11 is 0. The molecule has 178 valence electrons. The molecule has 1 N–H and O–H groups in total. The lowest BCUT2D eigenvalue weighted by molar-refractivity contribution is -0.384. The zero-order valence-corrected chi connectivity index (χ0v) is 19.8. The number of rotatable bonds is 10. The van der Waals surface area contributed by atoms with Crippen molar-refractivity contribution in [3.8, 4) is 0 Å². The summed E-state index contributed by atoms with van der Waals surface area (Å²) in [5, 5.41) is 10.7. The lowest BCUT2D eigenvalue weighted by Gasteiger charge is -2.12. The Morgan fingerprint density at radius 3 is 2.26 bits per heavy atom. The van der Waals surface area contributed by atoms with E-state index in [0.717, 1.165) is 24.8 Å².